The van der Waals surface area contributed by atoms with Crippen LogP contribution in [0.15, 0.2) is 48.5 Å². The van der Waals surface area contributed by atoms with Crippen LogP contribution in [0.25, 0.3) is 0 Å². The first-order valence-corrected chi connectivity index (χ1v) is 7.16. The van der Waals surface area contributed by atoms with Crippen molar-refractivity contribution in [3.05, 3.63) is 70.5 Å². The van der Waals surface area contributed by atoms with Crippen molar-refractivity contribution in [2.24, 2.45) is 0 Å². The summed E-state index contributed by atoms with van der Waals surface area (Å²) in [7, 11) is 1.90. The summed E-state index contributed by atoms with van der Waals surface area (Å²) < 4.78 is 13.9. The zero-order chi connectivity index (χ0) is 14.5. The van der Waals surface area contributed by atoms with E-state index in [0.29, 0.717) is 17.0 Å². The van der Waals surface area contributed by atoms with Crippen LogP contribution in [0, 0.1) is 5.82 Å². The SMILES string of the molecule is CNC(Cc1c(F)cccc1Cl)C(C)c1ccccc1. The summed E-state index contributed by atoms with van der Waals surface area (Å²) in [6.45, 7) is 2.14. The second-order valence-corrected chi connectivity index (χ2v) is 5.41. The molecule has 0 spiro atoms. The third kappa shape index (κ3) is 3.38. The van der Waals surface area contributed by atoms with Crippen molar-refractivity contribution < 1.29 is 4.39 Å². The van der Waals surface area contributed by atoms with Crippen molar-refractivity contribution in [3.63, 3.8) is 0 Å². The van der Waals surface area contributed by atoms with Gasteiger partial charge >= 0.3 is 0 Å². The van der Waals surface area contributed by atoms with E-state index in [4.69, 9.17) is 11.6 Å². The predicted octanol–water partition coefficient (Wildman–Crippen LogP) is 4.41. The van der Waals surface area contributed by atoms with Crippen molar-refractivity contribution in [3.8, 4) is 0 Å². The van der Waals surface area contributed by atoms with E-state index in [2.05, 4.69) is 24.4 Å². The molecule has 2 aromatic carbocycles. The third-order valence-electron chi connectivity index (χ3n) is 3.79. The summed E-state index contributed by atoms with van der Waals surface area (Å²) in [4.78, 5) is 0. The van der Waals surface area contributed by atoms with Gasteiger partial charge in [0.25, 0.3) is 0 Å². The van der Waals surface area contributed by atoms with Crippen molar-refractivity contribution in [1.82, 2.24) is 5.32 Å². The topological polar surface area (TPSA) is 12.0 Å². The maximum atomic E-state index is 13.9. The van der Waals surface area contributed by atoms with Gasteiger partial charge in [0, 0.05) is 16.6 Å². The Morgan fingerprint density at radius 3 is 2.40 bits per heavy atom. The number of halogens is 2. The lowest BCUT2D eigenvalue weighted by Crippen LogP contribution is -2.33. The first-order chi connectivity index (χ1) is 9.63. The molecule has 0 aliphatic carbocycles. The first-order valence-electron chi connectivity index (χ1n) is 6.78. The molecule has 1 N–H and O–H groups in total. The lowest BCUT2D eigenvalue weighted by atomic mass is 9.89. The maximum absolute atomic E-state index is 13.9. The largest absolute Gasteiger partial charge is 0.316 e. The van der Waals surface area contributed by atoms with E-state index in [-0.39, 0.29) is 17.8 Å². The summed E-state index contributed by atoms with van der Waals surface area (Å²) >= 11 is 6.11. The number of hydrogen-bond acceptors (Lipinski definition) is 1. The summed E-state index contributed by atoms with van der Waals surface area (Å²) in [5, 5.41) is 3.77. The highest BCUT2D eigenvalue weighted by Gasteiger charge is 2.20. The predicted molar refractivity (Wildman–Crippen MR) is 82.8 cm³/mol. The first kappa shape index (κ1) is 15.0. The van der Waals surface area contributed by atoms with Crippen LogP contribution >= 0.6 is 11.6 Å². The lowest BCUT2D eigenvalue weighted by Gasteiger charge is -2.24. The average Bonchev–Trinajstić information content (AvgIpc) is 2.47. The monoisotopic (exact) mass is 291 g/mol. The molecule has 20 heavy (non-hydrogen) atoms. The summed E-state index contributed by atoms with van der Waals surface area (Å²) in [6.07, 6.45) is 0.568. The fourth-order valence-electron chi connectivity index (χ4n) is 2.47. The highest BCUT2D eigenvalue weighted by atomic mass is 35.5. The molecule has 0 aliphatic heterocycles. The molecule has 2 unspecified atom stereocenters. The molecule has 2 atom stereocenters. The Bertz CT molecular complexity index is 536. The van der Waals surface area contributed by atoms with Gasteiger partial charge in [-0.25, -0.2) is 4.39 Å². The standard InChI is InChI=1S/C17H19ClFN/c1-12(13-7-4-3-5-8-13)17(20-2)11-14-15(18)9-6-10-16(14)19/h3-10,12,17,20H,11H2,1-2H3. The van der Waals surface area contributed by atoms with Gasteiger partial charge in [-0.1, -0.05) is 54.9 Å². The Morgan fingerprint density at radius 1 is 1.10 bits per heavy atom. The molecule has 0 heterocycles. The highest BCUT2D eigenvalue weighted by molar-refractivity contribution is 6.31. The molecule has 1 nitrogen and oxygen atoms in total. The van der Waals surface area contributed by atoms with Crippen LogP contribution in [0.2, 0.25) is 5.02 Å². The van der Waals surface area contributed by atoms with E-state index >= 15 is 0 Å². The van der Waals surface area contributed by atoms with Gasteiger partial charge in [0.2, 0.25) is 0 Å². The summed E-state index contributed by atoms with van der Waals surface area (Å²) in [5.74, 6) is 0.0369. The van der Waals surface area contributed by atoms with Crippen LogP contribution in [-0.2, 0) is 6.42 Å². The average molecular weight is 292 g/mol. The van der Waals surface area contributed by atoms with E-state index in [1.165, 1.54) is 11.6 Å². The van der Waals surface area contributed by atoms with Gasteiger partial charge in [-0.2, -0.15) is 0 Å². The van der Waals surface area contributed by atoms with Crippen molar-refractivity contribution in [1.29, 1.82) is 0 Å². The maximum Gasteiger partial charge on any atom is 0.127 e. The molecule has 0 aromatic heterocycles. The van der Waals surface area contributed by atoms with Gasteiger partial charge < -0.3 is 5.32 Å². The van der Waals surface area contributed by atoms with Gasteiger partial charge in [0.05, 0.1) is 0 Å². The molecule has 0 amide bonds. The van der Waals surface area contributed by atoms with Crippen LogP contribution in [-0.4, -0.2) is 13.1 Å². The van der Waals surface area contributed by atoms with Crippen LogP contribution in [0.4, 0.5) is 4.39 Å². The van der Waals surface area contributed by atoms with E-state index in [0.717, 1.165) is 0 Å². The fourth-order valence-corrected chi connectivity index (χ4v) is 2.71. The van der Waals surface area contributed by atoms with Gasteiger partial charge in [-0.3, -0.25) is 0 Å². The molecule has 3 heteroatoms. The zero-order valence-corrected chi connectivity index (χ0v) is 12.5. The van der Waals surface area contributed by atoms with Gasteiger partial charge in [-0.15, -0.1) is 0 Å². The van der Waals surface area contributed by atoms with Crippen LogP contribution in [0.1, 0.15) is 24.0 Å². The minimum atomic E-state index is -0.238. The minimum Gasteiger partial charge on any atom is -0.316 e. The molecular formula is C17H19ClFN. The molecule has 0 fully saturated rings. The van der Waals surface area contributed by atoms with Gasteiger partial charge in [0.15, 0.2) is 0 Å². The summed E-state index contributed by atoms with van der Waals surface area (Å²) in [6, 6.07) is 15.2. The van der Waals surface area contributed by atoms with Crippen molar-refractivity contribution in [2.45, 2.75) is 25.3 Å². The molecule has 106 valence electrons. The Hall–Kier alpha value is -1.38. The molecular weight excluding hydrogens is 273 g/mol. The minimum absolute atomic E-state index is 0.131. The lowest BCUT2D eigenvalue weighted by molar-refractivity contribution is 0.472. The molecule has 2 aromatic rings. The van der Waals surface area contributed by atoms with E-state index in [9.17, 15) is 4.39 Å². The quantitative estimate of drug-likeness (QED) is 0.860. The summed E-state index contributed by atoms with van der Waals surface area (Å²) in [5.41, 5.74) is 1.82. The van der Waals surface area contributed by atoms with E-state index < -0.39 is 0 Å². The third-order valence-corrected chi connectivity index (χ3v) is 4.14. The number of nitrogens with one attached hydrogen (secondary N) is 1. The van der Waals surface area contributed by atoms with Crippen molar-refractivity contribution in [2.75, 3.05) is 7.05 Å². The number of hydrogen-bond donors (Lipinski definition) is 1. The molecule has 2 rings (SSSR count). The molecule has 0 bridgehead atoms. The van der Waals surface area contributed by atoms with E-state index in [1.807, 2.05) is 25.2 Å². The Kier molecular flexibility index (Phi) is 5.16. The Morgan fingerprint density at radius 2 is 1.80 bits per heavy atom. The number of rotatable bonds is 5. The Balaban J connectivity index is 2.21. The molecule has 0 saturated heterocycles. The highest BCUT2D eigenvalue weighted by Crippen LogP contribution is 2.26. The van der Waals surface area contributed by atoms with E-state index in [1.54, 1.807) is 12.1 Å². The fraction of sp³-hybridized carbons (Fsp3) is 0.294. The van der Waals surface area contributed by atoms with Gasteiger partial charge in [-0.05, 0) is 37.1 Å². The van der Waals surface area contributed by atoms with Crippen LogP contribution in [0.3, 0.4) is 0 Å². The number of likely N-dealkylation sites (N-methyl/N-ethyl adjacent to an activating group) is 1. The molecule has 0 saturated carbocycles. The van der Waals surface area contributed by atoms with Gasteiger partial charge in [0.1, 0.15) is 5.82 Å². The van der Waals surface area contributed by atoms with Crippen LogP contribution in [0.5, 0.6) is 0 Å². The smallest absolute Gasteiger partial charge is 0.127 e. The Labute approximate surface area is 124 Å². The second-order valence-electron chi connectivity index (χ2n) is 5.00. The van der Waals surface area contributed by atoms with Crippen LogP contribution < -0.4 is 5.32 Å². The number of benzene rings is 2. The van der Waals surface area contributed by atoms with Crippen molar-refractivity contribution >= 4 is 11.6 Å². The second kappa shape index (κ2) is 6.87. The molecule has 0 aliphatic rings. The zero-order valence-electron chi connectivity index (χ0n) is 11.7. The molecule has 0 radical (unpaired) electrons. The normalized spacial score (nSPS) is 14.0.